The molecule has 0 aliphatic carbocycles. The lowest BCUT2D eigenvalue weighted by molar-refractivity contribution is 0.318. The Labute approximate surface area is 129 Å². The predicted molar refractivity (Wildman–Crippen MR) is 89.3 cm³/mol. The molecule has 2 aromatic rings. The van der Waals surface area contributed by atoms with Gasteiger partial charge in [-0.15, -0.1) is 11.3 Å². The van der Waals surface area contributed by atoms with Gasteiger partial charge in [0.15, 0.2) is 5.84 Å². The molecule has 0 bridgehead atoms. The first kappa shape index (κ1) is 15.4. The average molecular weight is 303 g/mol. The van der Waals surface area contributed by atoms with Crippen molar-refractivity contribution in [3.8, 4) is 0 Å². The molecule has 0 amide bonds. The van der Waals surface area contributed by atoms with Crippen LogP contribution < -0.4 is 10.6 Å². The molecule has 3 N–H and O–H groups in total. The molecule has 0 aliphatic heterocycles. The van der Waals surface area contributed by atoms with Gasteiger partial charge < -0.3 is 15.8 Å². The minimum atomic E-state index is 0.141. The maximum Gasteiger partial charge on any atom is 0.172 e. The Hall–Kier alpha value is -2.01. The molecule has 0 unspecified atom stereocenters. The van der Waals surface area contributed by atoms with Crippen LogP contribution in [-0.4, -0.2) is 17.1 Å². The molecule has 21 heavy (non-hydrogen) atoms. The number of rotatable bonds is 5. The van der Waals surface area contributed by atoms with Gasteiger partial charge in [0.05, 0.1) is 6.54 Å². The quantitative estimate of drug-likeness (QED) is 0.384. The van der Waals surface area contributed by atoms with Crippen LogP contribution in [0.1, 0.15) is 29.9 Å². The Balaban J connectivity index is 2.46. The van der Waals surface area contributed by atoms with Crippen molar-refractivity contribution in [2.45, 2.75) is 33.4 Å². The molecule has 0 saturated heterocycles. The van der Waals surface area contributed by atoms with Crippen molar-refractivity contribution in [2.24, 2.45) is 10.9 Å². The number of oxime groups is 1. The van der Waals surface area contributed by atoms with E-state index in [0.717, 1.165) is 23.4 Å². The van der Waals surface area contributed by atoms with Crippen LogP contribution in [0.25, 0.3) is 0 Å². The van der Waals surface area contributed by atoms with Crippen LogP contribution in [0.5, 0.6) is 0 Å². The summed E-state index contributed by atoms with van der Waals surface area (Å²) in [5, 5.41) is 14.2. The van der Waals surface area contributed by atoms with Gasteiger partial charge in [-0.2, -0.15) is 0 Å². The molecule has 1 aromatic heterocycles. The van der Waals surface area contributed by atoms with Crippen LogP contribution in [0.2, 0.25) is 0 Å². The van der Waals surface area contributed by atoms with Gasteiger partial charge >= 0.3 is 0 Å². The summed E-state index contributed by atoms with van der Waals surface area (Å²) in [6.07, 6.45) is 0. The number of thiophene rings is 1. The van der Waals surface area contributed by atoms with E-state index in [9.17, 15) is 0 Å². The molecule has 112 valence electrons. The van der Waals surface area contributed by atoms with Gasteiger partial charge in [-0.3, -0.25) is 0 Å². The summed E-state index contributed by atoms with van der Waals surface area (Å²) in [6, 6.07) is 10.4. The van der Waals surface area contributed by atoms with Crippen molar-refractivity contribution >= 4 is 22.9 Å². The second kappa shape index (κ2) is 6.63. The van der Waals surface area contributed by atoms with E-state index in [-0.39, 0.29) is 5.84 Å². The Bertz CT molecular complexity index is 620. The first-order chi connectivity index (χ1) is 10.0. The van der Waals surface area contributed by atoms with E-state index in [1.807, 2.05) is 19.1 Å². The Morgan fingerprint density at radius 3 is 2.71 bits per heavy atom. The van der Waals surface area contributed by atoms with Gasteiger partial charge in [-0.05, 0) is 49.9 Å². The third-order valence-electron chi connectivity index (χ3n) is 3.38. The third kappa shape index (κ3) is 3.55. The van der Waals surface area contributed by atoms with E-state index < -0.39 is 0 Å². The molecule has 4 nitrogen and oxygen atoms in total. The highest BCUT2D eigenvalue weighted by atomic mass is 32.1. The van der Waals surface area contributed by atoms with Crippen LogP contribution in [0.4, 0.5) is 5.69 Å². The van der Waals surface area contributed by atoms with E-state index in [1.54, 1.807) is 11.3 Å². The lowest BCUT2D eigenvalue weighted by atomic mass is 10.1. The summed E-state index contributed by atoms with van der Waals surface area (Å²) in [5.41, 5.74) is 8.73. The fourth-order valence-electron chi connectivity index (χ4n) is 2.27. The molecule has 1 heterocycles. The lowest BCUT2D eigenvalue weighted by Gasteiger charge is -2.30. The second-order valence-corrected chi connectivity index (χ2v) is 6.34. The fraction of sp³-hybridized carbons (Fsp3) is 0.312. The van der Waals surface area contributed by atoms with Crippen molar-refractivity contribution in [1.82, 2.24) is 0 Å². The summed E-state index contributed by atoms with van der Waals surface area (Å²) >= 11 is 1.73. The van der Waals surface area contributed by atoms with Crippen molar-refractivity contribution in [1.29, 1.82) is 0 Å². The third-order valence-corrected chi connectivity index (χ3v) is 4.24. The van der Waals surface area contributed by atoms with Gasteiger partial charge in [-0.1, -0.05) is 17.3 Å². The first-order valence-electron chi connectivity index (χ1n) is 6.90. The molecular formula is C16H21N3OS. The lowest BCUT2D eigenvalue weighted by Crippen LogP contribution is -2.32. The maximum atomic E-state index is 9.01. The molecule has 5 heteroatoms. The largest absolute Gasteiger partial charge is 0.409 e. The molecule has 2 rings (SSSR count). The molecule has 0 saturated carbocycles. The predicted octanol–water partition coefficient (Wildman–Crippen LogP) is 3.57. The van der Waals surface area contributed by atoms with Crippen LogP contribution in [0.15, 0.2) is 40.9 Å². The van der Waals surface area contributed by atoms with Crippen molar-refractivity contribution < 1.29 is 5.21 Å². The Kier molecular flexibility index (Phi) is 4.85. The van der Waals surface area contributed by atoms with Crippen molar-refractivity contribution in [3.05, 3.63) is 51.7 Å². The number of amidine groups is 1. The van der Waals surface area contributed by atoms with Gasteiger partial charge in [0.1, 0.15) is 0 Å². The van der Waals surface area contributed by atoms with Crippen LogP contribution in [0, 0.1) is 6.92 Å². The molecule has 0 aliphatic rings. The van der Waals surface area contributed by atoms with Gasteiger partial charge in [0, 0.05) is 22.2 Å². The monoisotopic (exact) mass is 303 g/mol. The summed E-state index contributed by atoms with van der Waals surface area (Å²) < 4.78 is 0. The van der Waals surface area contributed by atoms with Gasteiger partial charge in [-0.25, -0.2) is 0 Å². The highest BCUT2D eigenvalue weighted by Gasteiger charge is 2.17. The number of benzene rings is 1. The Morgan fingerprint density at radius 2 is 2.14 bits per heavy atom. The number of hydrogen-bond donors (Lipinski definition) is 2. The van der Waals surface area contributed by atoms with E-state index in [1.165, 1.54) is 4.88 Å². The molecule has 1 aromatic carbocycles. The average Bonchev–Trinajstić information content (AvgIpc) is 2.96. The summed E-state index contributed by atoms with van der Waals surface area (Å²) in [7, 11) is 0. The van der Waals surface area contributed by atoms with Gasteiger partial charge in [0.2, 0.25) is 0 Å². The highest BCUT2D eigenvalue weighted by molar-refractivity contribution is 7.09. The zero-order chi connectivity index (χ0) is 15.4. The van der Waals surface area contributed by atoms with Crippen LogP contribution >= 0.6 is 11.3 Å². The standard InChI is InChI=1S/C16H21N3OS/c1-11(2)19(10-13-5-4-8-21-13)15-9-12(3)6-7-14(15)16(17)18-20/h4-9,11,20H,10H2,1-3H3,(H2,17,18). The van der Waals surface area contributed by atoms with Crippen molar-refractivity contribution in [2.75, 3.05) is 4.90 Å². The molecule has 0 spiro atoms. The normalized spacial score (nSPS) is 11.9. The Morgan fingerprint density at radius 1 is 1.38 bits per heavy atom. The maximum absolute atomic E-state index is 9.01. The van der Waals surface area contributed by atoms with Crippen molar-refractivity contribution in [3.63, 3.8) is 0 Å². The van der Waals surface area contributed by atoms with E-state index in [2.05, 4.69) is 47.5 Å². The van der Waals surface area contributed by atoms with Gasteiger partial charge in [0.25, 0.3) is 0 Å². The summed E-state index contributed by atoms with van der Waals surface area (Å²) in [5.74, 6) is 0.141. The SMILES string of the molecule is Cc1ccc(C(N)=NO)c(N(Cc2cccs2)C(C)C)c1. The molecule has 0 radical (unpaired) electrons. The van der Waals surface area contributed by atoms with E-state index in [0.29, 0.717) is 6.04 Å². The number of hydrogen-bond acceptors (Lipinski definition) is 4. The highest BCUT2D eigenvalue weighted by Crippen LogP contribution is 2.27. The first-order valence-corrected chi connectivity index (χ1v) is 7.78. The van der Waals surface area contributed by atoms with Crippen LogP contribution in [0.3, 0.4) is 0 Å². The number of nitrogens with two attached hydrogens (primary N) is 1. The molecular weight excluding hydrogens is 282 g/mol. The molecule has 0 fully saturated rings. The van der Waals surface area contributed by atoms with E-state index >= 15 is 0 Å². The second-order valence-electron chi connectivity index (χ2n) is 5.31. The minimum absolute atomic E-state index is 0.141. The fourth-order valence-corrected chi connectivity index (χ4v) is 2.97. The van der Waals surface area contributed by atoms with E-state index in [4.69, 9.17) is 10.9 Å². The minimum Gasteiger partial charge on any atom is -0.409 e. The number of anilines is 1. The smallest absolute Gasteiger partial charge is 0.172 e. The number of nitrogens with zero attached hydrogens (tertiary/aromatic N) is 2. The van der Waals surface area contributed by atoms with Crippen LogP contribution in [-0.2, 0) is 6.54 Å². The summed E-state index contributed by atoms with van der Waals surface area (Å²) in [6.45, 7) is 7.14. The summed E-state index contributed by atoms with van der Waals surface area (Å²) in [4.78, 5) is 3.56. The number of aryl methyl sites for hydroxylation is 1. The topological polar surface area (TPSA) is 61.9 Å². The zero-order valence-electron chi connectivity index (χ0n) is 12.6. The zero-order valence-corrected chi connectivity index (χ0v) is 13.4. The molecule has 0 atom stereocenters.